The van der Waals surface area contributed by atoms with E-state index >= 15 is 0 Å². The van der Waals surface area contributed by atoms with Crippen molar-refractivity contribution < 1.29 is 4.79 Å². The number of nitrogens with zero attached hydrogens (tertiary/aromatic N) is 2. The molecule has 0 fully saturated rings. The van der Waals surface area contributed by atoms with Gasteiger partial charge in [-0.25, -0.2) is 0 Å². The lowest BCUT2D eigenvalue weighted by atomic mass is 9.84. The molecule has 2 aromatic rings. The molecule has 0 spiro atoms. The standard InChI is InChI=1S/C16H22N4O/c1-16(2,3)14(6-7-17)20-15(21)11-4-5-12-13(10-11)19-9-8-18-12/h4-5,8-10,14H,6-7,17H2,1-3H3,(H,20,21). The van der Waals surface area contributed by atoms with Crippen molar-refractivity contribution in [3.05, 3.63) is 36.2 Å². The number of fused-ring (bicyclic) bond motifs is 1. The molecule has 3 N–H and O–H groups in total. The summed E-state index contributed by atoms with van der Waals surface area (Å²) in [6.07, 6.45) is 4.01. The second-order valence-electron chi connectivity index (χ2n) is 6.23. The van der Waals surface area contributed by atoms with Crippen LogP contribution in [-0.2, 0) is 0 Å². The van der Waals surface area contributed by atoms with Gasteiger partial charge in [0.1, 0.15) is 0 Å². The maximum absolute atomic E-state index is 12.4. The van der Waals surface area contributed by atoms with Crippen LogP contribution in [0.15, 0.2) is 30.6 Å². The molecule has 5 nitrogen and oxygen atoms in total. The Bertz CT molecular complexity index is 633. The van der Waals surface area contributed by atoms with Crippen LogP contribution in [0, 0.1) is 5.41 Å². The van der Waals surface area contributed by atoms with Crippen LogP contribution in [0.4, 0.5) is 0 Å². The van der Waals surface area contributed by atoms with E-state index in [9.17, 15) is 4.79 Å². The Morgan fingerprint density at radius 2 is 1.90 bits per heavy atom. The molecule has 0 aliphatic rings. The first-order valence-electron chi connectivity index (χ1n) is 7.13. The average Bonchev–Trinajstić information content (AvgIpc) is 2.45. The lowest BCUT2D eigenvalue weighted by molar-refractivity contribution is 0.0899. The van der Waals surface area contributed by atoms with Gasteiger partial charge in [0.15, 0.2) is 0 Å². The number of hydrogen-bond donors (Lipinski definition) is 2. The second kappa shape index (κ2) is 6.18. The maximum atomic E-state index is 12.4. The smallest absolute Gasteiger partial charge is 0.251 e. The highest BCUT2D eigenvalue weighted by atomic mass is 16.1. The van der Waals surface area contributed by atoms with Gasteiger partial charge in [0, 0.05) is 24.0 Å². The van der Waals surface area contributed by atoms with E-state index in [0.29, 0.717) is 12.1 Å². The van der Waals surface area contributed by atoms with Crippen molar-refractivity contribution in [3.8, 4) is 0 Å². The summed E-state index contributed by atoms with van der Waals surface area (Å²) in [5.41, 5.74) is 7.70. The van der Waals surface area contributed by atoms with Gasteiger partial charge in [0.2, 0.25) is 0 Å². The second-order valence-corrected chi connectivity index (χ2v) is 6.23. The van der Waals surface area contributed by atoms with Crippen molar-refractivity contribution in [2.75, 3.05) is 6.54 Å². The van der Waals surface area contributed by atoms with Crippen LogP contribution in [0.25, 0.3) is 11.0 Å². The van der Waals surface area contributed by atoms with Crippen molar-refractivity contribution in [1.82, 2.24) is 15.3 Å². The maximum Gasteiger partial charge on any atom is 0.251 e. The zero-order valence-electron chi connectivity index (χ0n) is 12.8. The van der Waals surface area contributed by atoms with Gasteiger partial charge in [0.25, 0.3) is 5.91 Å². The molecule has 1 unspecified atom stereocenters. The highest BCUT2D eigenvalue weighted by Crippen LogP contribution is 2.22. The van der Waals surface area contributed by atoms with E-state index in [0.717, 1.165) is 17.5 Å². The van der Waals surface area contributed by atoms with Gasteiger partial charge >= 0.3 is 0 Å². The Balaban J connectivity index is 2.21. The van der Waals surface area contributed by atoms with Crippen molar-refractivity contribution in [3.63, 3.8) is 0 Å². The molecule has 1 aromatic carbocycles. The number of aromatic nitrogens is 2. The van der Waals surface area contributed by atoms with Crippen LogP contribution in [0.2, 0.25) is 0 Å². The first-order valence-corrected chi connectivity index (χ1v) is 7.13. The number of carbonyl (C=O) groups is 1. The molecule has 112 valence electrons. The van der Waals surface area contributed by atoms with Crippen molar-refractivity contribution >= 4 is 16.9 Å². The van der Waals surface area contributed by atoms with Crippen LogP contribution < -0.4 is 11.1 Å². The molecule has 21 heavy (non-hydrogen) atoms. The van der Waals surface area contributed by atoms with Crippen molar-refractivity contribution in [2.45, 2.75) is 33.2 Å². The highest BCUT2D eigenvalue weighted by Gasteiger charge is 2.25. The molecule has 2 rings (SSSR count). The third-order valence-electron chi connectivity index (χ3n) is 3.54. The summed E-state index contributed by atoms with van der Waals surface area (Å²) < 4.78 is 0. The number of nitrogens with two attached hydrogens (primary N) is 1. The molecular formula is C16H22N4O. The van der Waals surface area contributed by atoms with E-state index in [-0.39, 0.29) is 17.4 Å². The van der Waals surface area contributed by atoms with Crippen LogP contribution >= 0.6 is 0 Å². The minimum Gasteiger partial charge on any atom is -0.349 e. The molecule has 0 bridgehead atoms. The molecule has 0 saturated heterocycles. The molecule has 1 atom stereocenters. The fourth-order valence-electron chi connectivity index (χ4n) is 2.23. The Morgan fingerprint density at radius 3 is 2.52 bits per heavy atom. The summed E-state index contributed by atoms with van der Waals surface area (Å²) >= 11 is 0. The summed E-state index contributed by atoms with van der Waals surface area (Å²) in [4.78, 5) is 20.8. The van der Waals surface area contributed by atoms with Gasteiger partial charge in [-0.15, -0.1) is 0 Å². The topological polar surface area (TPSA) is 80.9 Å². The lowest BCUT2D eigenvalue weighted by Gasteiger charge is -2.31. The molecule has 0 saturated carbocycles. The Morgan fingerprint density at radius 1 is 1.24 bits per heavy atom. The number of carbonyl (C=O) groups excluding carboxylic acids is 1. The molecule has 0 aliphatic carbocycles. The SMILES string of the molecule is CC(C)(C)C(CCN)NC(=O)c1ccc2nccnc2c1. The van der Waals surface area contributed by atoms with Crippen molar-refractivity contribution in [2.24, 2.45) is 11.1 Å². The minimum atomic E-state index is -0.101. The molecular weight excluding hydrogens is 264 g/mol. The highest BCUT2D eigenvalue weighted by molar-refractivity contribution is 5.97. The average molecular weight is 286 g/mol. The summed E-state index contributed by atoms with van der Waals surface area (Å²) in [6.45, 7) is 6.84. The van der Waals surface area contributed by atoms with Gasteiger partial charge < -0.3 is 11.1 Å². The number of hydrogen-bond acceptors (Lipinski definition) is 4. The Kier molecular flexibility index (Phi) is 4.53. The number of amides is 1. The Labute approximate surface area is 125 Å². The lowest BCUT2D eigenvalue weighted by Crippen LogP contribution is -2.44. The third kappa shape index (κ3) is 3.76. The molecule has 1 aromatic heterocycles. The van der Waals surface area contributed by atoms with Gasteiger partial charge in [-0.2, -0.15) is 0 Å². The van der Waals surface area contributed by atoms with Gasteiger partial charge in [0.05, 0.1) is 11.0 Å². The predicted octanol–water partition coefficient (Wildman–Crippen LogP) is 2.12. The van der Waals surface area contributed by atoms with E-state index in [1.165, 1.54) is 0 Å². The molecule has 5 heteroatoms. The number of nitrogens with one attached hydrogen (secondary N) is 1. The predicted molar refractivity (Wildman–Crippen MR) is 83.9 cm³/mol. The summed E-state index contributed by atoms with van der Waals surface area (Å²) in [6, 6.07) is 5.38. The first-order chi connectivity index (χ1) is 9.91. The van der Waals surface area contributed by atoms with Crippen LogP contribution in [0.1, 0.15) is 37.6 Å². The van der Waals surface area contributed by atoms with E-state index in [2.05, 4.69) is 36.1 Å². The van der Waals surface area contributed by atoms with Crippen molar-refractivity contribution in [1.29, 1.82) is 0 Å². The monoisotopic (exact) mass is 286 g/mol. The van der Waals surface area contributed by atoms with Gasteiger partial charge in [-0.3, -0.25) is 14.8 Å². The van der Waals surface area contributed by atoms with Crippen LogP contribution in [0.3, 0.4) is 0 Å². The minimum absolute atomic E-state index is 0.0348. The molecule has 0 aliphatic heterocycles. The summed E-state index contributed by atoms with van der Waals surface area (Å²) in [7, 11) is 0. The van der Waals surface area contributed by atoms with Crippen LogP contribution in [-0.4, -0.2) is 28.5 Å². The number of benzene rings is 1. The third-order valence-corrected chi connectivity index (χ3v) is 3.54. The largest absolute Gasteiger partial charge is 0.349 e. The summed E-state index contributed by atoms with van der Waals surface area (Å²) in [5, 5.41) is 3.07. The summed E-state index contributed by atoms with van der Waals surface area (Å²) in [5.74, 6) is -0.101. The zero-order valence-corrected chi connectivity index (χ0v) is 12.8. The first kappa shape index (κ1) is 15.4. The number of rotatable bonds is 4. The molecule has 1 amide bonds. The van der Waals surface area contributed by atoms with E-state index < -0.39 is 0 Å². The fourth-order valence-corrected chi connectivity index (χ4v) is 2.23. The van der Waals surface area contributed by atoms with E-state index in [4.69, 9.17) is 5.73 Å². The molecule has 1 heterocycles. The van der Waals surface area contributed by atoms with E-state index in [1.807, 2.05) is 6.07 Å². The normalized spacial score (nSPS) is 13.1. The van der Waals surface area contributed by atoms with Gasteiger partial charge in [-0.1, -0.05) is 20.8 Å². The zero-order chi connectivity index (χ0) is 15.5. The van der Waals surface area contributed by atoms with Crippen LogP contribution in [0.5, 0.6) is 0 Å². The fraction of sp³-hybridized carbons (Fsp3) is 0.438. The Hall–Kier alpha value is -2.01. The van der Waals surface area contributed by atoms with Gasteiger partial charge in [-0.05, 0) is 36.6 Å². The molecule has 0 radical (unpaired) electrons. The quantitative estimate of drug-likeness (QED) is 0.902. The van der Waals surface area contributed by atoms with E-state index in [1.54, 1.807) is 24.5 Å².